The van der Waals surface area contributed by atoms with Gasteiger partial charge in [0, 0.05) is 6.04 Å². The number of alkyl halides is 1. The summed E-state index contributed by atoms with van der Waals surface area (Å²) in [6.45, 7) is 4.27. The van der Waals surface area contributed by atoms with E-state index in [4.69, 9.17) is 5.73 Å². The van der Waals surface area contributed by atoms with E-state index in [0.29, 0.717) is 18.8 Å². The van der Waals surface area contributed by atoms with E-state index in [2.05, 4.69) is 13.8 Å². The number of halogens is 1. The lowest BCUT2D eigenvalue weighted by Gasteiger charge is -2.41. The molecule has 0 aromatic heterocycles. The van der Waals surface area contributed by atoms with Crippen molar-refractivity contribution in [1.29, 1.82) is 0 Å². The highest BCUT2D eigenvalue weighted by Crippen LogP contribution is 2.41. The first-order valence-corrected chi connectivity index (χ1v) is 5.04. The highest BCUT2D eigenvalue weighted by atomic mass is 19.1. The smallest absolute Gasteiger partial charge is 0.114 e. The third kappa shape index (κ3) is 2.19. The molecule has 1 fully saturated rings. The Morgan fingerprint density at radius 3 is 2.25 bits per heavy atom. The van der Waals surface area contributed by atoms with Gasteiger partial charge in [0.05, 0.1) is 0 Å². The van der Waals surface area contributed by atoms with Gasteiger partial charge in [-0.25, -0.2) is 4.39 Å². The Labute approximate surface area is 74.5 Å². The van der Waals surface area contributed by atoms with Crippen LogP contribution in [0, 0.1) is 5.92 Å². The average Bonchev–Trinajstić information content (AvgIpc) is 1.98. The van der Waals surface area contributed by atoms with Crippen molar-refractivity contribution in [2.24, 2.45) is 11.7 Å². The van der Waals surface area contributed by atoms with E-state index in [0.717, 1.165) is 19.3 Å². The van der Waals surface area contributed by atoms with Crippen LogP contribution in [-0.4, -0.2) is 11.7 Å². The molecule has 0 atom stereocenters. The number of nitrogens with two attached hydrogens (primary N) is 1. The molecule has 1 aliphatic carbocycles. The fourth-order valence-electron chi connectivity index (χ4n) is 2.14. The van der Waals surface area contributed by atoms with Crippen molar-refractivity contribution < 1.29 is 4.39 Å². The highest BCUT2D eigenvalue weighted by molar-refractivity contribution is 4.97. The Morgan fingerprint density at radius 2 is 1.92 bits per heavy atom. The maximum Gasteiger partial charge on any atom is 0.114 e. The van der Waals surface area contributed by atoms with Gasteiger partial charge < -0.3 is 5.73 Å². The standard InChI is InChI=1S/C10H20FN/c1-3-8(4-2)5-10(11)6-9(12)7-10/h8-9H,3-7,12H2,1-2H3. The van der Waals surface area contributed by atoms with Crippen molar-refractivity contribution in [3.8, 4) is 0 Å². The fraction of sp³-hybridized carbons (Fsp3) is 1.00. The summed E-state index contributed by atoms with van der Waals surface area (Å²) in [5, 5.41) is 0. The van der Waals surface area contributed by atoms with E-state index in [1.54, 1.807) is 0 Å². The molecule has 72 valence electrons. The Morgan fingerprint density at radius 1 is 1.42 bits per heavy atom. The minimum atomic E-state index is -0.907. The van der Waals surface area contributed by atoms with Crippen LogP contribution in [0.25, 0.3) is 0 Å². The van der Waals surface area contributed by atoms with Gasteiger partial charge in [-0.15, -0.1) is 0 Å². The van der Waals surface area contributed by atoms with E-state index in [-0.39, 0.29) is 6.04 Å². The predicted molar refractivity (Wildman–Crippen MR) is 49.7 cm³/mol. The third-order valence-electron chi connectivity index (χ3n) is 3.07. The van der Waals surface area contributed by atoms with E-state index < -0.39 is 5.67 Å². The van der Waals surface area contributed by atoms with Crippen molar-refractivity contribution in [3.05, 3.63) is 0 Å². The van der Waals surface area contributed by atoms with Gasteiger partial charge in [-0.3, -0.25) is 0 Å². The molecular weight excluding hydrogens is 153 g/mol. The van der Waals surface area contributed by atoms with Gasteiger partial charge >= 0.3 is 0 Å². The summed E-state index contributed by atoms with van der Waals surface area (Å²) in [6, 6.07) is 0.129. The minimum Gasteiger partial charge on any atom is -0.327 e. The SMILES string of the molecule is CCC(CC)CC1(F)CC(N)C1. The number of hydrogen-bond acceptors (Lipinski definition) is 1. The summed E-state index contributed by atoms with van der Waals surface area (Å²) in [5.41, 5.74) is 4.67. The molecule has 0 amide bonds. The summed E-state index contributed by atoms with van der Waals surface area (Å²) >= 11 is 0. The van der Waals surface area contributed by atoms with Gasteiger partial charge in [0.25, 0.3) is 0 Å². The first kappa shape index (κ1) is 9.97. The predicted octanol–water partition coefficient (Wildman–Crippen LogP) is 2.64. The molecule has 0 heterocycles. The Balaban J connectivity index is 2.30. The van der Waals surface area contributed by atoms with Crippen LogP contribution in [0.4, 0.5) is 4.39 Å². The Hall–Kier alpha value is -0.110. The van der Waals surface area contributed by atoms with Gasteiger partial charge in [0.2, 0.25) is 0 Å². The molecule has 1 nitrogen and oxygen atoms in total. The van der Waals surface area contributed by atoms with Crippen molar-refractivity contribution in [1.82, 2.24) is 0 Å². The third-order valence-corrected chi connectivity index (χ3v) is 3.07. The molecule has 0 unspecified atom stereocenters. The molecule has 0 spiro atoms. The van der Waals surface area contributed by atoms with Gasteiger partial charge in [-0.05, 0) is 25.2 Å². The number of rotatable bonds is 4. The number of hydrogen-bond donors (Lipinski definition) is 1. The minimum absolute atomic E-state index is 0.129. The largest absolute Gasteiger partial charge is 0.327 e. The molecule has 2 N–H and O–H groups in total. The zero-order chi connectivity index (χ0) is 9.19. The zero-order valence-electron chi connectivity index (χ0n) is 8.15. The van der Waals surface area contributed by atoms with E-state index in [1.165, 1.54) is 0 Å². The van der Waals surface area contributed by atoms with E-state index in [9.17, 15) is 4.39 Å². The van der Waals surface area contributed by atoms with Crippen molar-refractivity contribution >= 4 is 0 Å². The lowest BCUT2D eigenvalue weighted by Crippen LogP contribution is -2.49. The first-order chi connectivity index (χ1) is 5.59. The second kappa shape index (κ2) is 3.73. The fourth-order valence-corrected chi connectivity index (χ4v) is 2.14. The van der Waals surface area contributed by atoms with Crippen LogP contribution in [0.2, 0.25) is 0 Å². The van der Waals surface area contributed by atoms with Crippen molar-refractivity contribution in [2.45, 2.75) is 57.7 Å². The zero-order valence-corrected chi connectivity index (χ0v) is 8.15. The molecule has 0 aliphatic heterocycles. The van der Waals surface area contributed by atoms with Crippen LogP contribution in [0.3, 0.4) is 0 Å². The Bertz CT molecular complexity index is 137. The molecule has 1 aliphatic rings. The molecule has 1 rings (SSSR count). The van der Waals surface area contributed by atoms with Crippen LogP contribution in [0.5, 0.6) is 0 Å². The van der Waals surface area contributed by atoms with Gasteiger partial charge in [0.1, 0.15) is 5.67 Å². The molecule has 12 heavy (non-hydrogen) atoms. The molecule has 0 aromatic carbocycles. The van der Waals surface area contributed by atoms with Gasteiger partial charge in [-0.2, -0.15) is 0 Å². The average molecular weight is 173 g/mol. The molecule has 0 saturated heterocycles. The van der Waals surface area contributed by atoms with Gasteiger partial charge in [0.15, 0.2) is 0 Å². The maximum absolute atomic E-state index is 13.7. The summed E-state index contributed by atoms with van der Waals surface area (Å²) in [5.74, 6) is 0.558. The lowest BCUT2D eigenvalue weighted by molar-refractivity contribution is 0.0173. The van der Waals surface area contributed by atoms with Crippen LogP contribution < -0.4 is 5.73 Å². The maximum atomic E-state index is 13.7. The summed E-state index contributed by atoms with van der Waals surface area (Å²) in [6.07, 6.45) is 4.09. The summed E-state index contributed by atoms with van der Waals surface area (Å²) < 4.78 is 13.7. The van der Waals surface area contributed by atoms with Crippen molar-refractivity contribution in [3.63, 3.8) is 0 Å². The molecule has 0 radical (unpaired) electrons. The van der Waals surface area contributed by atoms with Crippen LogP contribution >= 0.6 is 0 Å². The monoisotopic (exact) mass is 173 g/mol. The van der Waals surface area contributed by atoms with E-state index >= 15 is 0 Å². The van der Waals surface area contributed by atoms with E-state index in [1.807, 2.05) is 0 Å². The highest BCUT2D eigenvalue weighted by Gasteiger charge is 2.43. The second-order valence-corrected chi connectivity index (χ2v) is 4.21. The second-order valence-electron chi connectivity index (χ2n) is 4.21. The summed E-state index contributed by atoms with van der Waals surface area (Å²) in [7, 11) is 0. The molecule has 0 bridgehead atoms. The molecule has 0 aromatic rings. The molecular formula is C10H20FN. The van der Waals surface area contributed by atoms with Crippen LogP contribution in [0.1, 0.15) is 46.0 Å². The van der Waals surface area contributed by atoms with Crippen LogP contribution in [0.15, 0.2) is 0 Å². The topological polar surface area (TPSA) is 26.0 Å². The lowest BCUT2D eigenvalue weighted by atomic mass is 9.72. The summed E-state index contributed by atoms with van der Waals surface area (Å²) in [4.78, 5) is 0. The van der Waals surface area contributed by atoms with Crippen molar-refractivity contribution in [2.75, 3.05) is 0 Å². The molecule has 2 heteroatoms. The molecule has 1 saturated carbocycles. The van der Waals surface area contributed by atoms with Gasteiger partial charge in [-0.1, -0.05) is 26.7 Å². The first-order valence-electron chi connectivity index (χ1n) is 5.04. The normalized spacial score (nSPS) is 35.2. The quantitative estimate of drug-likeness (QED) is 0.695. The van der Waals surface area contributed by atoms with Crippen LogP contribution in [-0.2, 0) is 0 Å². The Kier molecular flexibility index (Phi) is 3.10.